The van der Waals surface area contributed by atoms with Gasteiger partial charge in [-0.25, -0.2) is 15.0 Å². The van der Waals surface area contributed by atoms with Crippen molar-refractivity contribution in [2.75, 3.05) is 31.6 Å². The minimum absolute atomic E-state index is 0.207. The van der Waals surface area contributed by atoms with E-state index in [0.29, 0.717) is 19.2 Å². The fraction of sp³-hybridized carbons (Fsp3) is 0.219. The first kappa shape index (κ1) is 27.8. The molecule has 0 fully saturated rings. The van der Waals surface area contributed by atoms with Crippen LogP contribution in [0.2, 0.25) is 0 Å². The number of hydrogen-bond acceptors (Lipinski definition) is 8. The molecule has 0 spiro atoms. The number of aromatic nitrogens is 4. The maximum absolute atomic E-state index is 8.83. The van der Waals surface area contributed by atoms with Crippen molar-refractivity contribution in [3.63, 3.8) is 0 Å². The molecule has 0 aliphatic rings. The molecule has 5 rings (SSSR count). The lowest BCUT2D eigenvalue weighted by atomic mass is 10.2. The average molecular weight is 551 g/mol. The third-order valence-electron chi connectivity index (χ3n) is 6.23. The second-order valence-electron chi connectivity index (χ2n) is 9.40. The second-order valence-corrected chi connectivity index (χ2v) is 9.40. The predicted octanol–water partition coefficient (Wildman–Crippen LogP) is 5.60. The van der Waals surface area contributed by atoms with Gasteiger partial charge in [-0.2, -0.15) is 0 Å². The van der Waals surface area contributed by atoms with Gasteiger partial charge < -0.3 is 30.2 Å². The van der Waals surface area contributed by atoms with Gasteiger partial charge in [0.25, 0.3) is 0 Å². The van der Waals surface area contributed by atoms with Crippen LogP contribution in [-0.2, 0) is 6.61 Å². The third kappa shape index (κ3) is 8.38. The van der Waals surface area contributed by atoms with Gasteiger partial charge in [-0.15, -0.1) is 0 Å². The predicted molar refractivity (Wildman–Crippen MR) is 160 cm³/mol. The van der Waals surface area contributed by atoms with Gasteiger partial charge in [-0.05, 0) is 61.8 Å². The quantitative estimate of drug-likeness (QED) is 0.125. The van der Waals surface area contributed by atoms with Crippen LogP contribution in [0, 0.1) is 0 Å². The number of H-pyrrole nitrogens is 1. The molecule has 41 heavy (non-hydrogen) atoms. The van der Waals surface area contributed by atoms with Crippen LogP contribution in [0.3, 0.4) is 0 Å². The molecule has 0 saturated heterocycles. The van der Waals surface area contributed by atoms with Crippen molar-refractivity contribution >= 4 is 11.6 Å². The van der Waals surface area contributed by atoms with Gasteiger partial charge in [-0.1, -0.05) is 48.5 Å². The summed E-state index contributed by atoms with van der Waals surface area (Å²) in [6.07, 6.45) is 5.13. The van der Waals surface area contributed by atoms with Crippen LogP contribution >= 0.6 is 0 Å². The normalized spacial score (nSPS) is 10.9. The number of aromatic amines is 1. The first-order valence-electron chi connectivity index (χ1n) is 13.7. The number of aliphatic hydroxyl groups excluding tert-OH is 1. The Balaban J connectivity index is 1.18. The fourth-order valence-electron chi connectivity index (χ4n) is 4.15. The van der Waals surface area contributed by atoms with Crippen molar-refractivity contribution in [2.24, 2.45) is 0 Å². The number of anilines is 2. The summed E-state index contributed by atoms with van der Waals surface area (Å²) in [6.45, 7) is 2.97. The molecule has 9 nitrogen and oxygen atoms in total. The largest absolute Gasteiger partial charge is 0.493 e. The first-order valence-corrected chi connectivity index (χ1v) is 13.7. The minimum atomic E-state index is 0.207. The van der Waals surface area contributed by atoms with Crippen LogP contribution in [0.1, 0.15) is 18.4 Å². The summed E-state index contributed by atoms with van der Waals surface area (Å²) in [5.74, 6) is 2.75. The van der Waals surface area contributed by atoms with Crippen LogP contribution in [0.5, 0.6) is 11.5 Å². The van der Waals surface area contributed by atoms with E-state index in [2.05, 4.69) is 30.6 Å². The van der Waals surface area contributed by atoms with Crippen LogP contribution < -0.4 is 20.1 Å². The lowest BCUT2D eigenvalue weighted by Crippen LogP contribution is -2.19. The van der Waals surface area contributed by atoms with E-state index in [1.165, 1.54) is 0 Å². The number of imidazole rings is 1. The zero-order valence-electron chi connectivity index (χ0n) is 22.8. The summed E-state index contributed by atoms with van der Waals surface area (Å²) in [5, 5.41) is 15.4. The van der Waals surface area contributed by atoms with Crippen molar-refractivity contribution in [3.05, 3.63) is 103 Å². The molecular formula is C32H34N6O3. The van der Waals surface area contributed by atoms with E-state index in [4.69, 9.17) is 14.6 Å². The summed E-state index contributed by atoms with van der Waals surface area (Å²) < 4.78 is 11.9. The summed E-state index contributed by atoms with van der Waals surface area (Å²) in [4.78, 5) is 17.0. The smallest absolute Gasteiger partial charge is 0.227 e. The number of rotatable bonds is 15. The number of aliphatic hydroxyl groups is 1. The second kappa shape index (κ2) is 14.6. The highest BCUT2D eigenvalue weighted by molar-refractivity contribution is 5.64. The van der Waals surface area contributed by atoms with Crippen LogP contribution in [0.4, 0.5) is 11.6 Å². The molecular weight excluding hydrogens is 516 g/mol. The highest BCUT2D eigenvalue weighted by Gasteiger charge is 2.10. The number of nitrogens with one attached hydrogen (secondary N) is 3. The Labute approximate surface area is 239 Å². The monoisotopic (exact) mass is 550 g/mol. The highest BCUT2D eigenvalue weighted by atomic mass is 16.5. The maximum Gasteiger partial charge on any atom is 0.227 e. The number of ether oxygens (including phenoxy) is 2. The van der Waals surface area contributed by atoms with E-state index in [1.807, 2.05) is 84.9 Å². The number of nitrogens with zero attached hydrogens (tertiary/aromatic N) is 3. The highest BCUT2D eigenvalue weighted by Crippen LogP contribution is 2.26. The Hall–Kier alpha value is -4.73. The van der Waals surface area contributed by atoms with Gasteiger partial charge in [-0.3, -0.25) is 0 Å². The zero-order valence-corrected chi connectivity index (χ0v) is 22.8. The van der Waals surface area contributed by atoms with E-state index in [-0.39, 0.29) is 6.61 Å². The van der Waals surface area contributed by atoms with E-state index in [1.54, 1.807) is 12.4 Å². The molecule has 0 bridgehead atoms. The van der Waals surface area contributed by atoms with E-state index in [0.717, 1.165) is 71.5 Å². The number of hydrogen-bond donors (Lipinski definition) is 4. The summed E-state index contributed by atoms with van der Waals surface area (Å²) in [7, 11) is 0. The molecule has 0 unspecified atom stereocenters. The molecule has 0 amide bonds. The van der Waals surface area contributed by atoms with Gasteiger partial charge in [0, 0.05) is 30.1 Å². The molecule has 0 saturated carbocycles. The van der Waals surface area contributed by atoms with E-state index >= 15 is 0 Å². The molecule has 0 atom stereocenters. The van der Waals surface area contributed by atoms with Crippen molar-refractivity contribution in [2.45, 2.75) is 19.4 Å². The fourth-order valence-corrected chi connectivity index (χ4v) is 4.15. The summed E-state index contributed by atoms with van der Waals surface area (Å²) in [5.41, 5.74) is 4.37. The van der Waals surface area contributed by atoms with Crippen molar-refractivity contribution in [1.29, 1.82) is 0 Å². The molecule has 3 aromatic carbocycles. The molecule has 2 heterocycles. The topological polar surface area (TPSA) is 117 Å². The van der Waals surface area contributed by atoms with E-state index < -0.39 is 0 Å². The summed E-state index contributed by atoms with van der Waals surface area (Å²) in [6, 6.07) is 27.5. The average Bonchev–Trinajstić information content (AvgIpc) is 3.51. The Morgan fingerprint density at radius 2 is 1.63 bits per heavy atom. The van der Waals surface area contributed by atoms with Crippen LogP contribution in [0.15, 0.2) is 97.3 Å². The minimum Gasteiger partial charge on any atom is -0.493 e. The van der Waals surface area contributed by atoms with Gasteiger partial charge in [0.2, 0.25) is 5.95 Å². The molecule has 4 N–H and O–H groups in total. The van der Waals surface area contributed by atoms with Crippen molar-refractivity contribution < 1.29 is 14.6 Å². The van der Waals surface area contributed by atoms with Gasteiger partial charge in [0.1, 0.15) is 23.9 Å². The standard InChI is InChI=1S/C32H34N6O3/c39-18-6-15-33-16-7-19-40-28-13-5-11-26(21-28)36-32-34-17-14-29(38-32)30-22-35-31(37-30)25-10-4-12-27(20-25)41-23-24-8-2-1-3-9-24/h1-5,8-14,17,20-22,33,39H,6-7,15-16,18-19,23H2,(H,35,37)(H,34,36,38). The van der Waals surface area contributed by atoms with E-state index in [9.17, 15) is 0 Å². The molecule has 2 aromatic heterocycles. The SMILES string of the molecule is OCCCNCCCOc1cccc(Nc2nccc(-c3cnc(-c4cccc(OCc5ccccc5)c4)[nH]3)n2)c1. The molecule has 210 valence electrons. The Kier molecular flexibility index (Phi) is 9.91. The summed E-state index contributed by atoms with van der Waals surface area (Å²) >= 11 is 0. The zero-order chi connectivity index (χ0) is 28.1. The lowest BCUT2D eigenvalue weighted by molar-refractivity contribution is 0.282. The molecule has 9 heteroatoms. The van der Waals surface area contributed by atoms with Gasteiger partial charge in [0.15, 0.2) is 0 Å². The Morgan fingerprint density at radius 3 is 2.51 bits per heavy atom. The molecule has 0 radical (unpaired) electrons. The van der Waals surface area contributed by atoms with Gasteiger partial charge in [0.05, 0.1) is 24.2 Å². The number of benzene rings is 3. The molecule has 0 aliphatic carbocycles. The third-order valence-corrected chi connectivity index (χ3v) is 6.23. The van der Waals surface area contributed by atoms with Crippen LogP contribution in [0.25, 0.3) is 22.8 Å². The Morgan fingerprint density at radius 1 is 0.805 bits per heavy atom. The van der Waals surface area contributed by atoms with Crippen molar-refractivity contribution in [1.82, 2.24) is 25.3 Å². The van der Waals surface area contributed by atoms with Crippen molar-refractivity contribution in [3.8, 4) is 34.3 Å². The lowest BCUT2D eigenvalue weighted by Gasteiger charge is -2.10. The van der Waals surface area contributed by atoms with Gasteiger partial charge >= 0.3 is 0 Å². The van der Waals surface area contributed by atoms with Crippen LogP contribution in [-0.4, -0.2) is 51.3 Å². The molecule has 5 aromatic rings. The Bertz CT molecular complexity index is 1510. The molecule has 0 aliphatic heterocycles. The maximum atomic E-state index is 8.83. The first-order chi connectivity index (χ1) is 20.3.